The van der Waals surface area contributed by atoms with Gasteiger partial charge in [-0.05, 0) is 55.4 Å². The van der Waals surface area contributed by atoms with Crippen molar-refractivity contribution in [2.75, 3.05) is 31.6 Å². The first kappa shape index (κ1) is 21.7. The van der Waals surface area contributed by atoms with Crippen molar-refractivity contribution in [1.29, 1.82) is 0 Å². The predicted molar refractivity (Wildman–Crippen MR) is 107 cm³/mol. The molecule has 2 aliphatic rings. The molecule has 0 aromatic heterocycles. The molecule has 8 nitrogen and oxygen atoms in total. The average molecular weight is 425 g/mol. The van der Waals surface area contributed by atoms with E-state index < -0.39 is 34.6 Å². The summed E-state index contributed by atoms with van der Waals surface area (Å²) in [4.78, 5) is 23.9. The lowest BCUT2D eigenvalue weighted by molar-refractivity contribution is -0.156. The molecular weight excluding hydrogens is 396 g/mol. The maximum Gasteiger partial charge on any atom is 0.335 e. The third-order valence-electron chi connectivity index (χ3n) is 5.15. The molecule has 2 heterocycles. The number of benzene rings is 1. The van der Waals surface area contributed by atoms with Gasteiger partial charge >= 0.3 is 5.97 Å². The van der Waals surface area contributed by atoms with Gasteiger partial charge in [-0.25, -0.2) is 13.2 Å². The van der Waals surface area contributed by atoms with E-state index in [1.165, 1.54) is 28.6 Å². The zero-order valence-corrected chi connectivity index (χ0v) is 17.6. The first-order chi connectivity index (χ1) is 13.8. The molecular formula is C20H28N2O6S. The van der Waals surface area contributed by atoms with Gasteiger partial charge in [0.25, 0.3) is 5.91 Å². The highest BCUT2D eigenvalue weighted by Crippen LogP contribution is 2.27. The SMILES string of the molecule is C[C@H]1C[C@H](C)CN(S(=O)(=O)c2ccc(NC(=O)COC(=O)[C@@H]3CCCO3)cc2)C1. The van der Waals surface area contributed by atoms with Crippen molar-refractivity contribution in [2.45, 2.75) is 44.1 Å². The number of anilines is 1. The quantitative estimate of drug-likeness (QED) is 0.701. The Hall–Kier alpha value is -1.97. The fraction of sp³-hybridized carbons (Fsp3) is 0.600. The minimum atomic E-state index is -3.57. The van der Waals surface area contributed by atoms with Gasteiger partial charge in [-0.1, -0.05) is 13.8 Å². The Bertz CT molecular complexity index is 823. The van der Waals surface area contributed by atoms with Crippen molar-refractivity contribution in [2.24, 2.45) is 11.8 Å². The summed E-state index contributed by atoms with van der Waals surface area (Å²) in [5.74, 6) is -0.386. The van der Waals surface area contributed by atoms with Crippen LogP contribution in [0.2, 0.25) is 0 Å². The molecule has 0 saturated carbocycles. The molecule has 29 heavy (non-hydrogen) atoms. The molecule has 160 valence electrons. The van der Waals surface area contributed by atoms with Gasteiger partial charge in [0.05, 0.1) is 4.90 Å². The van der Waals surface area contributed by atoms with Crippen molar-refractivity contribution < 1.29 is 27.5 Å². The third-order valence-corrected chi connectivity index (χ3v) is 7.00. The minimum absolute atomic E-state index is 0.196. The van der Waals surface area contributed by atoms with E-state index in [2.05, 4.69) is 19.2 Å². The Balaban J connectivity index is 1.55. The molecule has 2 saturated heterocycles. The molecule has 3 rings (SSSR count). The van der Waals surface area contributed by atoms with E-state index in [0.29, 0.717) is 43.6 Å². The maximum atomic E-state index is 12.9. The number of esters is 1. The standard InChI is InChI=1S/C20H28N2O6S/c1-14-10-15(2)12-22(11-14)29(25,26)17-7-5-16(6-8-17)21-19(23)13-28-20(24)18-4-3-9-27-18/h5-8,14-15,18H,3-4,9-13H2,1-2H3,(H,21,23)/t14-,15-,18-/m0/s1. The number of piperidine rings is 1. The molecule has 1 aromatic carbocycles. The van der Waals surface area contributed by atoms with Crippen LogP contribution < -0.4 is 5.32 Å². The first-order valence-corrected chi connectivity index (χ1v) is 11.4. The van der Waals surface area contributed by atoms with Gasteiger partial charge in [0.15, 0.2) is 12.7 Å². The van der Waals surface area contributed by atoms with Crippen LogP contribution in [0, 0.1) is 11.8 Å². The van der Waals surface area contributed by atoms with Crippen molar-refractivity contribution in [1.82, 2.24) is 4.31 Å². The Kier molecular flexibility index (Phi) is 6.92. The van der Waals surface area contributed by atoms with Crippen molar-refractivity contribution in [3.05, 3.63) is 24.3 Å². The second-order valence-electron chi connectivity index (χ2n) is 7.95. The number of hydrogen-bond donors (Lipinski definition) is 1. The van der Waals surface area contributed by atoms with Gasteiger partial charge in [0.1, 0.15) is 0 Å². The number of hydrogen-bond acceptors (Lipinski definition) is 6. The Labute approximate surface area is 171 Å². The topological polar surface area (TPSA) is 102 Å². The highest BCUT2D eigenvalue weighted by molar-refractivity contribution is 7.89. The maximum absolute atomic E-state index is 12.9. The average Bonchev–Trinajstić information content (AvgIpc) is 3.21. The molecule has 2 aliphatic heterocycles. The second kappa shape index (κ2) is 9.23. The lowest BCUT2D eigenvalue weighted by atomic mass is 9.94. The van der Waals surface area contributed by atoms with E-state index in [0.717, 1.165) is 12.8 Å². The molecule has 0 spiro atoms. The minimum Gasteiger partial charge on any atom is -0.454 e. The Morgan fingerprint density at radius 3 is 2.41 bits per heavy atom. The molecule has 9 heteroatoms. The van der Waals surface area contributed by atoms with Gasteiger partial charge in [-0.3, -0.25) is 4.79 Å². The van der Waals surface area contributed by atoms with E-state index in [-0.39, 0.29) is 4.90 Å². The molecule has 0 radical (unpaired) electrons. The monoisotopic (exact) mass is 424 g/mol. The van der Waals surface area contributed by atoms with Crippen LogP contribution in [0.5, 0.6) is 0 Å². The summed E-state index contributed by atoms with van der Waals surface area (Å²) in [6, 6.07) is 6.02. The van der Waals surface area contributed by atoms with Crippen LogP contribution in [0.15, 0.2) is 29.2 Å². The Morgan fingerprint density at radius 1 is 1.17 bits per heavy atom. The summed E-state index contributed by atoms with van der Waals surface area (Å²) in [5.41, 5.74) is 0.433. The number of ether oxygens (including phenoxy) is 2. The molecule has 0 unspecified atom stereocenters. The molecule has 0 aliphatic carbocycles. The van der Waals surface area contributed by atoms with Gasteiger partial charge in [0.2, 0.25) is 10.0 Å². The summed E-state index contributed by atoms with van der Waals surface area (Å²) < 4.78 is 37.5. The van der Waals surface area contributed by atoms with Crippen LogP contribution in [0.25, 0.3) is 0 Å². The van der Waals surface area contributed by atoms with Crippen LogP contribution in [-0.4, -0.2) is 57.0 Å². The summed E-state index contributed by atoms with van der Waals surface area (Å²) in [5, 5.41) is 2.59. The lowest BCUT2D eigenvalue weighted by Crippen LogP contribution is -2.42. The van der Waals surface area contributed by atoms with E-state index in [1.54, 1.807) is 0 Å². The Morgan fingerprint density at radius 2 is 1.83 bits per heavy atom. The van der Waals surface area contributed by atoms with Crippen LogP contribution in [0.4, 0.5) is 5.69 Å². The smallest absolute Gasteiger partial charge is 0.335 e. The van der Waals surface area contributed by atoms with Crippen molar-refractivity contribution in [3.8, 4) is 0 Å². The fourth-order valence-electron chi connectivity index (χ4n) is 3.85. The number of nitrogens with one attached hydrogen (secondary N) is 1. The van der Waals surface area contributed by atoms with E-state index >= 15 is 0 Å². The van der Waals surface area contributed by atoms with E-state index in [9.17, 15) is 18.0 Å². The van der Waals surface area contributed by atoms with Crippen LogP contribution in [0.3, 0.4) is 0 Å². The highest BCUT2D eigenvalue weighted by Gasteiger charge is 2.31. The zero-order valence-electron chi connectivity index (χ0n) is 16.8. The zero-order chi connectivity index (χ0) is 21.0. The summed E-state index contributed by atoms with van der Waals surface area (Å²) in [7, 11) is -3.57. The molecule has 0 bridgehead atoms. The van der Waals surface area contributed by atoms with E-state index in [1.807, 2.05) is 0 Å². The highest BCUT2D eigenvalue weighted by atomic mass is 32.2. The number of carbonyl (C=O) groups excluding carboxylic acids is 2. The molecule has 1 N–H and O–H groups in total. The number of nitrogens with zero attached hydrogens (tertiary/aromatic N) is 1. The largest absolute Gasteiger partial charge is 0.454 e. The molecule has 1 aromatic rings. The number of carbonyl (C=O) groups is 2. The van der Waals surface area contributed by atoms with Gasteiger partial charge in [-0.15, -0.1) is 0 Å². The van der Waals surface area contributed by atoms with Gasteiger partial charge in [-0.2, -0.15) is 4.31 Å². The fourth-order valence-corrected chi connectivity index (χ4v) is 5.53. The molecule has 1 amide bonds. The van der Waals surface area contributed by atoms with Crippen molar-refractivity contribution >= 4 is 27.6 Å². The number of rotatable bonds is 6. The number of amides is 1. The van der Waals surface area contributed by atoms with Crippen LogP contribution in [-0.2, 0) is 29.1 Å². The van der Waals surface area contributed by atoms with E-state index in [4.69, 9.17) is 9.47 Å². The summed E-state index contributed by atoms with van der Waals surface area (Å²) in [6.45, 7) is 5.26. The second-order valence-corrected chi connectivity index (χ2v) is 9.89. The van der Waals surface area contributed by atoms with Crippen LogP contribution in [0.1, 0.15) is 33.1 Å². The third kappa shape index (κ3) is 5.55. The number of sulfonamides is 1. The van der Waals surface area contributed by atoms with Gasteiger partial charge in [0, 0.05) is 25.4 Å². The van der Waals surface area contributed by atoms with Gasteiger partial charge < -0.3 is 14.8 Å². The predicted octanol–water partition coefficient (Wildman–Crippen LogP) is 2.01. The summed E-state index contributed by atoms with van der Waals surface area (Å²) >= 11 is 0. The first-order valence-electron chi connectivity index (χ1n) is 9.94. The van der Waals surface area contributed by atoms with Crippen molar-refractivity contribution in [3.63, 3.8) is 0 Å². The summed E-state index contributed by atoms with van der Waals surface area (Å²) in [6.07, 6.45) is 1.84. The lowest BCUT2D eigenvalue weighted by Gasteiger charge is -2.34. The molecule has 2 fully saturated rings. The molecule has 3 atom stereocenters. The van der Waals surface area contributed by atoms with Crippen LogP contribution >= 0.6 is 0 Å². The normalized spacial score (nSPS) is 25.5.